The highest BCUT2D eigenvalue weighted by molar-refractivity contribution is 5.13. The molecular weight excluding hydrogens is 160 g/mol. The van der Waals surface area contributed by atoms with Crippen LogP contribution in [0.15, 0.2) is 11.1 Å². The lowest BCUT2D eigenvalue weighted by atomic mass is 9.97. The van der Waals surface area contributed by atoms with Gasteiger partial charge in [0.1, 0.15) is 0 Å². The van der Waals surface area contributed by atoms with Crippen molar-refractivity contribution >= 4 is 0 Å². The third-order valence-electron chi connectivity index (χ3n) is 2.33. The Morgan fingerprint density at radius 3 is 1.31 bits per heavy atom. The van der Waals surface area contributed by atoms with Crippen LogP contribution in [-0.2, 0) is 0 Å². The van der Waals surface area contributed by atoms with Crippen LogP contribution in [0.2, 0.25) is 0 Å². The molecule has 0 unspecified atom stereocenters. The molecule has 0 aromatic rings. The minimum Gasteiger partial charge on any atom is -0.344 e. The minimum absolute atomic E-state index is 0. The van der Waals surface area contributed by atoms with Gasteiger partial charge in [-0.2, -0.15) is 0 Å². The van der Waals surface area contributed by atoms with E-state index in [4.69, 9.17) is 0 Å². The summed E-state index contributed by atoms with van der Waals surface area (Å²) < 4.78 is 0. The van der Waals surface area contributed by atoms with Gasteiger partial charge in [0.05, 0.1) is 0 Å². The van der Waals surface area contributed by atoms with Gasteiger partial charge in [-0.1, -0.05) is 45.3 Å². The van der Waals surface area contributed by atoms with Gasteiger partial charge >= 0.3 is 0 Å². The molecule has 0 aromatic heterocycles. The standard InChI is InChI=1S/C11H22.2H3N/c1-5-9-11(8-4)10(6-2)7-3;;/h5-9H2,1-4H3;2*1H3. The van der Waals surface area contributed by atoms with Gasteiger partial charge in [0, 0.05) is 0 Å². The molecule has 13 heavy (non-hydrogen) atoms. The highest BCUT2D eigenvalue weighted by atomic mass is 14.1. The van der Waals surface area contributed by atoms with E-state index in [1.807, 2.05) is 0 Å². The monoisotopic (exact) mass is 188 g/mol. The fourth-order valence-corrected chi connectivity index (χ4v) is 1.66. The molecule has 0 radical (unpaired) electrons. The summed E-state index contributed by atoms with van der Waals surface area (Å²) >= 11 is 0. The van der Waals surface area contributed by atoms with Crippen LogP contribution in [0, 0.1) is 0 Å². The van der Waals surface area contributed by atoms with Crippen LogP contribution in [0.3, 0.4) is 0 Å². The molecule has 0 rings (SSSR count). The Balaban J connectivity index is -0.000000500. The number of hydrogen-bond donors (Lipinski definition) is 2. The van der Waals surface area contributed by atoms with Gasteiger partial charge in [0.2, 0.25) is 0 Å². The van der Waals surface area contributed by atoms with E-state index in [-0.39, 0.29) is 12.3 Å². The Kier molecular flexibility index (Phi) is 16.5. The zero-order valence-electron chi connectivity index (χ0n) is 9.95. The van der Waals surface area contributed by atoms with Crippen LogP contribution in [0.1, 0.15) is 59.8 Å². The summed E-state index contributed by atoms with van der Waals surface area (Å²) in [6.45, 7) is 9.07. The smallest absolute Gasteiger partial charge is 0.0320 e. The van der Waals surface area contributed by atoms with E-state index in [1.165, 1.54) is 32.1 Å². The van der Waals surface area contributed by atoms with E-state index in [2.05, 4.69) is 27.7 Å². The lowest BCUT2D eigenvalue weighted by molar-refractivity contribution is 0.806. The Hall–Kier alpha value is -0.340. The molecule has 0 saturated carbocycles. The topological polar surface area (TPSA) is 70.0 Å². The summed E-state index contributed by atoms with van der Waals surface area (Å²) in [4.78, 5) is 0. The van der Waals surface area contributed by atoms with E-state index in [0.717, 1.165) is 0 Å². The largest absolute Gasteiger partial charge is 0.344 e. The fourth-order valence-electron chi connectivity index (χ4n) is 1.66. The predicted octanol–water partition coefficient (Wildman–Crippen LogP) is 4.64. The maximum atomic E-state index is 2.27. The normalized spacial score (nSPS) is 8.31. The summed E-state index contributed by atoms with van der Waals surface area (Å²) in [6.07, 6.45) is 6.37. The summed E-state index contributed by atoms with van der Waals surface area (Å²) in [5.74, 6) is 0. The number of allylic oxidation sites excluding steroid dienone is 2. The second kappa shape index (κ2) is 11.7. The van der Waals surface area contributed by atoms with Crippen molar-refractivity contribution in [1.82, 2.24) is 12.3 Å². The molecule has 0 aliphatic rings. The van der Waals surface area contributed by atoms with Gasteiger partial charge in [-0.05, 0) is 25.7 Å². The zero-order valence-corrected chi connectivity index (χ0v) is 9.95. The number of hydrogen-bond acceptors (Lipinski definition) is 2. The molecule has 0 fully saturated rings. The van der Waals surface area contributed by atoms with E-state index < -0.39 is 0 Å². The Labute approximate surface area is 84.0 Å². The highest BCUT2D eigenvalue weighted by Crippen LogP contribution is 2.19. The molecule has 0 aliphatic heterocycles. The highest BCUT2D eigenvalue weighted by Gasteiger charge is 1.99. The van der Waals surface area contributed by atoms with Crippen molar-refractivity contribution in [3.05, 3.63) is 11.1 Å². The third-order valence-corrected chi connectivity index (χ3v) is 2.33. The van der Waals surface area contributed by atoms with Crippen molar-refractivity contribution in [2.75, 3.05) is 0 Å². The first kappa shape index (κ1) is 18.4. The molecular formula is C11H28N2. The van der Waals surface area contributed by atoms with E-state index >= 15 is 0 Å². The average molecular weight is 188 g/mol. The van der Waals surface area contributed by atoms with Crippen LogP contribution in [0.5, 0.6) is 0 Å². The van der Waals surface area contributed by atoms with Crippen molar-refractivity contribution in [2.24, 2.45) is 0 Å². The molecule has 0 saturated heterocycles. The summed E-state index contributed by atoms with van der Waals surface area (Å²) in [5.41, 5.74) is 3.40. The van der Waals surface area contributed by atoms with Gasteiger partial charge < -0.3 is 12.3 Å². The first-order chi connectivity index (χ1) is 5.29. The van der Waals surface area contributed by atoms with Gasteiger partial charge in [-0.15, -0.1) is 0 Å². The Morgan fingerprint density at radius 2 is 1.08 bits per heavy atom. The van der Waals surface area contributed by atoms with Crippen molar-refractivity contribution in [1.29, 1.82) is 0 Å². The Morgan fingerprint density at radius 1 is 0.692 bits per heavy atom. The summed E-state index contributed by atoms with van der Waals surface area (Å²) in [7, 11) is 0. The quantitative estimate of drug-likeness (QED) is 0.617. The van der Waals surface area contributed by atoms with Crippen LogP contribution >= 0.6 is 0 Å². The van der Waals surface area contributed by atoms with Crippen LogP contribution in [0.4, 0.5) is 0 Å². The van der Waals surface area contributed by atoms with E-state index in [9.17, 15) is 0 Å². The lowest BCUT2D eigenvalue weighted by Crippen LogP contribution is -1.89. The van der Waals surface area contributed by atoms with Gasteiger partial charge in [-0.3, -0.25) is 0 Å². The molecule has 2 nitrogen and oxygen atoms in total. The van der Waals surface area contributed by atoms with Crippen molar-refractivity contribution < 1.29 is 0 Å². The average Bonchev–Trinajstić information content (AvgIpc) is 2.05. The zero-order chi connectivity index (χ0) is 8.69. The first-order valence-corrected chi connectivity index (χ1v) is 4.99. The fraction of sp³-hybridized carbons (Fsp3) is 0.818. The van der Waals surface area contributed by atoms with Crippen LogP contribution < -0.4 is 12.3 Å². The molecule has 2 heteroatoms. The van der Waals surface area contributed by atoms with E-state index in [0.29, 0.717) is 0 Å². The van der Waals surface area contributed by atoms with Gasteiger partial charge in [-0.25, -0.2) is 0 Å². The SMILES string of the molecule is CCCC(CC)=C(CC)CC.N.N. The third kappa shape index (κ3) is 6.79. The molecule has 0 aromatic carbocycles. The molecule has 0 spiro atoms. The minimum atomic E-state index is 0. The van der Waals surface area contributed by atoms with Gasteiger partial charge in [0.15, 0.2) is 0 Å². The summed E-state index contributed by atoms with van der Waals surface area (Å²) in [6, 6.07) is 0. The van der Waals surface area contributed by atoms with Crippen molar-refractivity contribution in [3.8, 4) is 0 Å². The number of rotatable bonds is 5. The maximum absolute atomic E-state index is 2.27. The van der Waals surface area contributed by atoms with Crippen LogP contribution in [0.25, 0.3) is 0 Å². The van der Waals surface area contributed by atoms with Crippen molar-refractivity contribution in [3.63, 3.8) is 0 Å². The molecule has 0 bridgehead atoms. The first-order valence-electron chi connectivity index (χ1n) is 4.99. The van der Waals surface area contributed by atoms with E-state index in [1.54, 1.807) is 11.1 Å². The second-order valence-electron chi connectivity index (χ2n) is 3.02. The second-order valence-corrected chi connectivity index (χ2v) is 3.02. The molecule has 0 aliphatic carbocycles. The van der Waals surface area contributed by atoms with Gasteiger partial charge in [0.25, 0.3) is 0 Å². The lowest BCUT2D eigenvalue weighted by Gasteiger charge is -2.09. The Bertz CT molecular complexity index is 122. The molecule has 82 valence electrons. The molecule has 0 atom stereocenters. The molecule has 0 heterocycles. The predicted molar refractivity (Wildman–Crippen MR) is 62.9 cm³/mol. The summed E-state index contributed by atoms with van der Waals surface area (Å²) in [5, 5.41) is 0. The maximum Gasteiger partial charge on any atom is -0.0320 e. The molecule has 6 N–H and O–H groups in total. The van der Waals surface area contributed by atoms with Crippen LogP contribution in [-0.4, -0.2) is 0 Å². The van der Waals surface area contributed by atoms with Crippen molar-refractivity contribution in [2.45, 2.75) is 59.8 Å². The molecule has 0 amide bonds.